The van der Waals surface area contributed by atoms with Crippen molar-refractivity contribution < 1.29 is 4.42 Å². The molecule has 0 saturated carbocycles. The number of hydrogen-bond donors (Lipinski definition) is 0. The van der Waals surface area contributed by atoms with E-state index < -0.39 is 0 Å². The molecule has 13 aromatic rings. The molecule has 13 rings (SSSR count). The van der Waals surface area contributed by atoms with Crippen LogP contribution in [0.3, 0.4) is 0 Å². The fraction of sp³-hybridized carbons (Fsp3) is 0.0351. The Kier molecular flexibility index (Phi) is 8.73. The van der Waals surface area contributed by atoms with Crippen molar-refractivity contribution in [2.45, 2.75) is 13.8 Å². The third kappa shape index (κ3) is 6.02. The average Bonchev–Trinajstić information content (AvgIpc) is 4.03. The normalized spacial score (nSPS) is 11.7. The summed E-state index contributed by atoms with van der Waals surface area (Å²) in [5, 5.41) is 9.54. The molecule has 0 radical (unpaired) electrons. The molecule has 0 aliphatic heterocycles. The van der Waals surface area contributed by atoms with Gasteiger partial charge >= 0.3 is 0 Å². The van der Waals surface area contributed by atoms with Gasteiger partial charge in [-0.2, -0.15) is 0 Å². The lowest BCUT2D eigenvalue weighted by atomic mass is 9.97. The van der Waals surface area contributed by atoms with Crippen LogP contribution in [0.1, 0.15) is 13.8 Å². The quantitative estimate of drug-likeness (QED) is 0.173. The second kappa shape index (κ2) is 14.9. The summed E-state index contributed by atoms with van der Waals surface area (Å²) in [6.45, 7) is 4.00. The molecule has 4 aromatic heterocycles. The van der Waals surface area contributed by atoms with Crippen LogP contribution >= 0.6 is 11.3 Å². The van der Waals surface area contributed by atoms with Crippen LogP contribution < -0.4 is 0 Å². The zero-order valence-corrected chi connectivity index (χ0v) is 35.4. The fourth-order valence-corrected chi connectivity index (χ4v) is 10.4. The van der Waals surface area contributed by atoms with E-state index in [4.69, 9.17) is 19.4 Å². The minimum absolute atomic E-state index is 0.582. The van der Waals surface area contributed by atoms with E-state index in [1.165, 1.54) is 52.8 Å². The van der Waals surface area contributed by atoms with Crippen molar-refractivity contribution in [3.8, 4) is 51.0 Å². The highest BCUT2D eigenvalue weighted by atomic mass is 32.1. The second-order valence-corrected chi connectivity index (χ2v) is 16.6. The highest BCUT2D eigenvalue weighted by Gasteiger charge is 2.21. The summed E-state index contributed by atoms with van der Waals surface area (Å²) >= 11 is 1.85. The Bertz CT molecular complexity index is 3900. The van der Waals surface area contributed by atoms with Gasteiger partial charge in [0.25, 0.3) is 0 Å². The van der Waals surface area contributed by atoms with Crippen molar-refractivity contribution in [2.75, 3.05) is 0 Å². The van der Waals surface area contributed by atoms with E-state index in [9.17, 15) is 0 Å². The van der Waals surface area contributed by atoms with Gasteiger partial charge in [0.15, 0.2) is 17.5 Å². The summed E-state index contributed by atoms with van der Waals surface area (Å²) in [4.78, 5) is 15.4. The van der Waals surface area contributed by atoms with Gasteiger partial charge in [-0.05, 0) is 70.9 Å². The van der Waals surface area contributed by atoms with Crippen LogP contribution in [0, 0.1) is 0 Å². The third-order valence-electron chi connectivity index (χ3n) is 12.0. The standard InChI is InChI=1S/C55H32N4OS.C2H6/c1-2-13-33(14-3-1)53-56-54(58-55(57-53)37-27-28-40-39-19-6-8-24-47(39)60-48(40)32-37)36-17-10-18-38(29-36)59-46-31-35-16-5-4-15-34(35)30-45(46)43-23-11-22-42(52(43)59)41-21-12-26-50-51(41)44-20-7-9-25-49(44)61-50;1-2/h1-32H;1-2H3. The molecule has 0 N–H and O–H groups in total. The SMILES string of the molecule is CC.c1ccc(-c2nc(-c3cccc(-n4c5cc6ccccc6cc5c5cccc(-c6cccc7sc8ccccc8c67)c54)c3)nc(-c3ccc4c(c3)oc3ccccc34)n2)cc1. The molecule has 0 spiro atoms. The van der Waals surface area contributed by atoms with Gasteiger partial charge in [-0.25, -0.2) is 15.0 Å². The first kappa shape index (κ1) is 36.9. The topological polar surface area (TPSA) is 56.7 Å². The van der Waals surface area contributed by atoms with Crippen LogP contribution in [0.5, 0.6) is 0 Å². The van der Waals surface area contributed by atoms with E-state index in [-0.39, 0.29) is 0 Å². The van der Waals surface area contributed by atoms with E-state index in [0.717, 1.165) is 55.3 Å². The van der Waals surface area contributed by atoms with Crippen molar-refractivity contribution in [1.82, 2.24) is 19.5 Å². The molecule has 0 unspecified atom stereocenters. The lowest BCUT2D eigenvalue weighted by Gasteiger charge is -2.14. The number of benzene rings is 9. The first-order chi connectivity index (χ1) is 31.2. The predicted molar refractivity (Wildman–Crippen MR) is 265 cm³/mol. The molecule has 0 fully saturated rings. The van der Waals surface area contributed by atoms with E-state index in [1.54, 1.807) is 0 Å². The van der Waals surface area contributed by atoms with E-state index >= 15 is 0 Å². The molecule has 9 aromatic carbocycles. The van der Waals surface area contributed by atoms with Crippen molar-refractivity contribution in [3.63, 3.8) is 0 Å². The van der Waals surface area contributed by atoms with E-state index in [1.807, 2.05) is 79.8 Å². The molecular formula is C57H38N4OS. The first-order valence-corrected chi connectivity index (χ1v) is 22.2. The highest BCUT2D eigenvalue weighted by Crippen LogP contribution is 2.45. The van der Waals surface area contributed by atoms with Gasteiger partial charge in [0.2, 0.25) is 0 Å². The molecule has 0 aliphatic carbocycles. The summed E-state index contributed by atoms with van der Waals surface area (Å²) < 4.78 is 11.3. The summed E-state index contributed by atoms with van der Waals surface area (Å²) in [6, 6.07) is 68.7. The molecule has 0 saturated heterocycles. The second-order valence-electron chi connectivity index (χ2n) is 15.6. The molecule has 0 atom stereocenters. The first-order valence-electron chi connectivity index (χ1n) is 21.4. The molecule has 0 amide bonds. The monoisotopic (exact) mass is 826 g/mol. The Morgan fingerprint density at radius 2 is 1.02 bits per heavy atom. The predicted octanol–water partition coefficient (Wildman–Crippen LogP) is 16.1. The number of hydrogen-bond acceptors (Lipinski definition) is 5. The molecule has 0 aliphatic rings. The van der Waals surface area contributed by atoms with Gasteiger partial charge in [-0.15, -0.1) is 11.3 Å². The minimum Gasteiger partial charge on any atom is -0.456 e. The Labute approximate surface area is 367 Å². The maximum atomic E-state index is 6.31. The number of rotatable bonds is 5. The number of thiophene rings is 1. The average molecular weight is 827 g/mol. The Morgan fingerprint density at radius 1 is 0.413 bits per heavy atom. The summed E-state index contributed by atoms with van der Waals surface area (Å²) in [6.07, 6.45) is 0. The van der Waals surface area contributed by atoms with E-state index in [0.29, 0.717) is 17.5 Å². The fourth-order valence-electron chi connectivity index (χ4n) is 9.24. The molecule has 6 heteroatoms. The molecule has 5 nitrogen and oxygen atoms in total. The molecule has 0 bridgehead atoms. The number of para-hydroxylation sites is 2. The molecule has 4 heterocycles. The number of fused-ring (bicyclic) bond motifs is 10. The van der Waals surface area contributed by atoms with Crippen LogP contribution in [-0.4, -0.2) is 19.5 Å². The zero-order valence-electron chi connectivity index (χ0n) is 34.6. The van der Waals surface area contributed by atoms with E-state index in [2.05, 4.69) is 144 Å². The van der Waals surface area contributed by atoms with Crippen molar-refractivity contribution >= 4 is 86.0 Å². The zero-order chi connectivity index (χ0) is 42.0. The Morgan fingerprint density at radius 3 is 1.86 bits per heavy atom. The lowest BCUT2D eigenvalue weighted by molar-refractivity contribution is 0.669. The van der Waals surface area contributed by atoms with Crippen molar-refractivity contribution in [2.24, 2.45) is 0 Å². The molecule has 63 heavy (non-hydrogen) atoms. The highest BCUT2D eigenvalue weighted by molar-refractivity contribution is 7.25. The number of nitrogens with zero attached hydrogens (tertiary/aromatic N) is 4. The van der Waals surface area contributed by atoms with Gasteiger partial charge in [0.05, 0.1) is 11.0 Å². The van der Waals surface area contributed by atoms with Gasteiger partial charge in [-0.1, -0.05) is 153 Å². The van der Waals surface area contributed by atoms with Gasteiger partial charge in [0.1, 0.15) is 11.2 Å². The Balaban J connectivity index is 0.00000208. The van der Waals surface area contributed by atoms with Crippen LogP contribution in [0.15, 0.2) is 199 Å². The third-order valence-corrected chi connectivity index (χ3v) is 13.2. The van der Waals surface area contributed by atoms with Crippen LogP contribution in [0.2, 0.25) is 0 Å². The minimum atomic E-state index is 0.582. The maximum absolute atomic E-state index is 6.31. The summed E-state index contributed by atoms with van der Waals surface area (Å²) in [7, 11) is 0. The lowest BCUT2D eigenvalue weighted by Crippen LogP contribution is -2.01. The Hall–Kier alpha value is -7.93. The maximum Gasteiger partial charge on any atom is 0.164 e. The van der Waals surface area contributed by atoms with Crippen molar-refractivity contribution in [3.05, 3.63) is 194 Å². The van der Waals surface area contributed by atoms with Gasteiger partial charge in [0, 0.05) is 69.7 Å². The van der Waals surface area contributed by atoms with Crippen molar-refractivity contribution in [1.29, 1.82) is 0 Å². The molecular weight excluding hydrogens is 789 g/mol. The van der Waals surface area contributed by atoms with Crippen LogP contribution in [0.25, 0.3) is 126 Å². The largest absolute Gasteiger partial charge is 0.456 e. The van der Waals surface area contributed by atoms with Crippen LogP contribution in [0.4, 0.5) is 0 Å². The van der Waals surface area contributed by atoms with Crippen LogP contribution in [-0.2, 0) is 0 Å². The van der Waals surface area contributed by atoms with Gasteiger partial charge < -0.3 is 8.98 Å². The van der Waals surface area contributed by atoms with Gasteiger partial charge in [-0.3, -0.25) is 0 Å². The summed E-state index contributed by atoms with van der Waals surface area (Å²) in [5.41, 5.74) is 10.1. The smallest absolute Gasteiger partial charge is 0.164 e. The number of furan rings is 1. The summed E-state index contributed by atoms with van der Waals surface area (Å²) in [5.74, 6) is 1.78. The number of aromatic nitrogens is 4. The molecule has 298 valence electrons.